The van der Waals surface area contributed by atoms with Crippen molar-refractivity contribution in [1.82, 2.24) is 4.98 Å². The second-order valence-electron chi connectivity index (χ2n) is 8.06. The largest absolute Gasteiger partial charge is 0.453 e. The van der Waals surface area contributed by atoms with Gasteiger partial charge in [0.05, 0.1) is 11.0 Å². The summed E-state index contributed by atoms with van der Waals surface area (Å²) in [5.41, 5.74) is 4.29. The number of aliphatic hydroxyl groups is 1. The van der Waals surface area contributed by atoms with Gasteiger partial charge in [0.2, 0.25) is 0 Å². The molecule has 5 rings (SSSR count). The molecular formula is C25H23ClN4O6. The van der Waals surface area contributed by atoms with Crippen LogP contribution in [0.15, 0.2) is 82.5 Å². The van der Waals surface area contributed by atoms with Crippen molar-refractivity contribution in [3.05, 3.63) is 78.4 Å². The molecule has 0 fully saturated rings. The molecule has 0 amide bonds. The van der Waals surface area contributed by atoms with Crippen LogP contribution in [-0.2, 0) is 6.54 Å². The van der Waals surface area contributed by atoms with Crippen molar-refractivity contribution < 1.29 is 43.0 Å². The number of hydrogen-bond acceptors (Lipinski definition) is 9. The number of aliphatic hydroxyl groups excluding tert-OH is 1. The molecule has 11 heteroatoms. The number of halogens is 1. The maximum atomic E-state index is 9.10. The molecule has 3 aromatic rings. The van der Waals surface area contributed by atoms with Crippen molar-refractivity contribution in [3.63, 3.8) is 0 Å². The normalized spacial score (nSPS) is 12.1. The maximum Gasteiger partial charge on any atom is 0.171 e. The van der Waals surface area contributed by atoms with Gasteiger partial charge in [-0.2, -0.15) is 0 Å². The summed E-state index contributed by atoms with van der Waals surface area (Å²) in [6.07, 6.45) is 3.83. The lowest BCUT2D eigenvalue weighted by molar-refractivity contribution is -2.00. The molecule has 0 radical (unpaired) electrons. The maximum absolute atomic E-state index is 9.10. The minimum absolute atomic E-state index is 0.106. The minimum Gasteiger partial charge on any atom is -0.453 e. The molecule has 186 valence electrons. The summed E-state index contributed by atoms with van der Waals surface area (Å²) in [6.45, 7) is 0.667. The van der Waals surface area contributed by atoms with E-state index in [4.69, 9.17) is 38.1 Å². The first kappa shape index (κ1) is 25.5. The predicted molar refractivity (Wildman–Crippen MR) is 121 cm³/mol. The lowest BCUT2D eigenvalue weighted by Gasteiger charge is -2.17. The lowest BCUT2D eigenvalue weighted by atomic mass is 10.0. The molecule has 2 heterocycles. The zero-order chi connectivity index (χ0) is 25.9. The van der Waals surface area contributed by atoms with Crippen LogP contribution in [-0.4, -0.2) is 30.8 Å². The van der Waals surface area contributed by atoms with E-state index in [2.05, 4.69) is 12.1 Å². The Morgan fingerprint density at radius 3 is 2.28 bits per heavy atom. The summed E-state index contributed by atoms with van der Waals surface area (Å²) in [5.74, 6) is 0.701. The number of nitrogens with zero attached hydrogens (tertiary/aromatic N) is 4. The number of aromatic nitrogens is 2. The van der Waals surface area contributed by atoms with Gasteiger partial charge in [-0.3, -0.25) is 0 Å². The number of fused-ring (bicyclic) bond motifs is 4. The Hall–Kier alpha value is -3.64. The van der Waals surface area contributed by atoms with Gasteiger partial charge in [0, 0.05) is 54.8 Å². The molecule has 10 nitrogen and oxygen atoms in total. The van der Waals surface area contributed by atoms with Gasteiger partial charge in [0.15, 0.2) is 30.3 Å². The van der Waals surface area contributed by atoms with Gasteiger partial charge in [-0.15, -0.1) is 10.2 Å². The average Bonchev–Trinajstić information content (AvgIpc) is 2.83. The molecule has 36 heavy (non-hydrogen) atoms. The second kappa shape index (κ2) is 10.5. The van der Waals surface area contributed by atoms with E-state index in [1.54, 1.807) is 0 Å². The first-order chi connectivity index (χ1) is 17.1. The molecule has 2 aromatic carbocycles. The highest BCUT2D eigenvalue weighted by Gasteiger charge is 2.15. The summed E-state index contributed by atoms with van der Waals surface area (Å²) in [6, 6.07) is 20.0. The van der Waals surface area contributed by atoms with Gasteiger partial charge in [-0.05, 0) is 12.1 Å². The zero-order valence-corrected chi connectivity index (χ0v) is 20.3. The van der Waals surface area contributed by atoms with E-state index in [0.717, 1.165) is 44.3 Å². The molecule has 1 aromatic heterocycles. The number of anilines is 1. The first-order valence-corrected chi connectivity index (χ1v) is 12.1. The second-order valence-corrected chi connectivity index (χ2v) is 8.81. The Bertz CT molecular complexity index is 1520. The third kappa shape index (κ3) is 6.13. The Kier molecular flexibility index (Phi) is 7.45. The van der Waals surface area contributed by atoms with E-state index in [1.165, 1.54) is 0 Å². The highest BCUT2D eigenvalue weighted by Crippen LogP contribution is 2.31. The average molecular weight is 511 g/mol. The Labute approximate surface area is 208 Å². The Morgan fingerprint density at radius 2 is 1.64 bits per heavy atom. The third-order valence-electron chi connectivity index (χ3n) is 5.35. The van der Waals surface area contributed by atoms with Crippen molar-refractivity contribution in [2.45, 2.75) is 6.54 Å². The van der Waals surface area contributed by atoms with Gasteiger partial charge < -0.3 is 14.4 Å². The molecular weight excluding hydrogens is 488 g/mol. The molecule has 2 aliphatic rings. The number of rotatable bonds is 4. The molecule has 1 aliphatic heterocycles. The van der Waals surface area contributed by atoms with Crippen molar-refractivity contribution in [1.29, 1.82) is 0 Å². The van der Waals surface area contributed by atoms with E-state index < -0.39 is 10.2 Å². The Morgan fingerprint density at radius 1 is 0.972 bits per heavy atom. The van der Waals surface area contributed by atoms with Crippen LogP contribution in [0.25, 0.3) is 33.3 Å². The zero-order valence-electron chi connectivity index (χ0n) is 19.5. The quantitative estimate of drug-likeness (QED) is 0.181. The summed E-state index contributed by atoms with van der Waals surface area (Å²) < 4.78 is 42.2. The van der Waals surface area contributed by atoms with Gasteiger partial charge in [0.1, 0.15) is 17.8 Å². The topological polar surface area (TPSA) is 158 Å². The standard InChI is InChI=1S/C25H23N4O2.ClHO4/c1-28(2)18-7-8-21-23(15-18)31-24-16-22(19-5-3-4-6-20(19)25(24)27-21)26-17-9-11-29(12-10-17)13-14-30;2-1(3,4)5/h3-12,15-16,30H,13-14H2,1-2H3;(H,2,3,4,5)/q+1;/p-1. The van der Waals surface area contributed by atoms with E-state index >= 15 is 0 Å². The van der Waals surface area contributed by atoms with Crippen LogP contribution in [0.5, 0.6) is 0 Å². The molecule has 1 aliphatic carbocycles. The smallest absolute Gasteiger partial charge is 0.171 e. The van der Waals surface area contributed by atoms with Gasteiger partial charge in [-0.25, -0.2) is 33.2 Å². The highest BCUT2D eigenvalue weighted by molar-refractivity contribution is 5.96. The fourth-order valence-corrected chi connectivity index (χ4v) is 3.72. The molecule has 0 bridgehead atoms. The van der Waals surface area contributed by atoms with Crippen LogP contribution < -0.4 is 33.5 Å². The van der Waals surface area contributed by atoms with Crippen LogP contribution in [0.3, 0.4) is 0 Å². The molecule has 0 saturated carbocycles. The summed E-state index contributed by atoms with van der Waals surface area (Å²) in [7, 11) is -0.936. The fraction of sp³-hybridized carbons (Fsp3) is 0.160. The van der Waals surface area contributed by atoms with Crippen LogP contribution in [0.4, 0.5) is 11.4 Å². The van der Waals surface area contributed by atoms with E-state index in [1.807, 2.05) is 84.5 Å². The fourth-order valence-electron chi connectivity index (χ4n) is 3.72. The number of hydrogen-bond donors (Lipinski definition) is 1. The first-order valence-electron chi connectivity index (χ1n) is 10.8. The number of benzene rings is 3. The van der Waals surface area contributed by atoms with E-state index in [-0.39, 0.29) is 6.61 Å². The van der Waals surface area contributed by atoms with Crippen LogP contribution in [0.2, 0.25) is 0 Å². The molecule has 0 spiro atoms. The lowest BCUT2D eigenvalue weighted by Crippen LogP contribution is -2.68. The van der Waals surface area contributed by atoms with Gasteiger partial charge >= 0.3 is 0 Å². The van der Waals surface area contributed by atoms with Crippen LogP contribution in [0.1, 0.15) is 0 Å². The van der Waals surface area contributed by atoms with Crippen molar-refractivity contribution in [2.24, 2.45) is 4.99 Å². The predicted octanol–water partition coefficient (Wildman–Crippen LogP) is -1.09. The molecule has 0 atom stereocenters. The van der Waals surface area contributed by atoms with Crippen LogP contribution >= 0.6 is 0 Å². The van der Waals surface area contributed by atoms with Crippen molar-refractivity contribution >= 4 is 33.2 Å². The van der Waals surface area contributed by atoms with Gasteiger partial charge in [0.25, 0.3) is 0 Å². The van der Waals surface area contributed by atoms with Crippen molar-refractivity contribution in [2.75, 3.05) is 25.6 Å². The molecule has 0 unspecified atom stereocenters. The molecule has 0 saturated heterocycles. The SMILES string of the molecule is CN(C)c1ccc2nc3c4ccccc4c(=Nc4cc[n+](CCO)cc4)cc-3oc2c1.[O-][Cl+3]([O-])([O-])[O-]. The Balaban J connectivity index is 0.000000556. The molecule has 1 N–H and O–H groups in total. The third-order valence-corrected chi connectivity index (χ3v) is 5.35. The summed E-state index contributed by atoms with van der Waals surface area (Å²) >= 11 is 0. The highest BCUT2D eigenvalue weighted by atomic mass is 35.7. The van der Waals surface area contributed by atoms with E-state index in [9.17, 15) is 0 Å². The monoisotopic (exact) mass is 510 g/mol. The van der Waals surface area contributed by atoms with E-state index in [0.29, 0.717) is 12.3 Å². The van der Waals surface area contributed by atoms with Crippen molar-refractivity contribution in [3.8, 4) is 11.5 Å². The minimum atomic E-state index is -4.94. The van der Waals surface area contributed by atoms with Crippen LogP contribution in [0, 0.1) is 10.2 Å². The number of pyridine rings is 1. The van der Waals surface area contributed by atoms with Gasteiger partial charge in [-0.1, -0.05) is 24.3 Å². The summed E-state index contributed by atoms with van der Waals surface area (Å²) in [4.78, 5) is 11.8. The summed E-state index contributed by atoms with van der Waals surface area (Å²) in [5, 5.41) is 12.0.